The zero-order valence-corrected chi connectivity index (χ0v) is 40.6. The number of carbonyl (C=O) groups is 1. The van der Waals surface area contributed by atoms with Gasteiger partial charge in [-0.1, -0.05) is 86.9 Å². The number of hydrogen-bond donors (Lipinski definition) is 0. The number of piperazine rings is 1. The number of unbranched alkanes of at least 4 members (excludes halogenated alkanes) is 5. The van der Waals surface area contributed by atoms with Crippen LogP contribution in [0.25, 0.3) is 22.9 Å². The summed E-state index contributed by atoms with van der Waals surface area (Å²) in [5, 5.41) is 0. The van der Waals surface area contributed by atoms with Crippen molar-refractivity contribution in [3.05, 3.63) is 125 Å². The van der Waals surface area contributed by atoms with Crippen molar-refractivity contribution in [3.63, 3.8) is 0 Å². The SMILES string of the molecule is C=C.C=Cc1cc(C)cc(C2CCN(CCCCCCCCc3cccc(F)c3-c3c(C)cc(C(=C)N4CCN(C)CC4)c(N=CC)c3F)CC2)c1CN(C)C(CCC(C)=O)C(=C)C. The van der Waals surface area contributed by atoms with Gasteiger partial charge in [0.1, 0.15) is 17.3 Å². The summed E-state index contributed by atoms with van der Waals surface area (Å²) < 4.78 is 32.4. The fraction of sp³-hybridized carbons (Fsp3) is 0.500. The van der Waals surface area contributed by atoms with Crippen LogP contribution in [0.4, 0.5) is 14.5 Å². The highest BCUT2D eigenvalue weighted by atomic mass is 19.1. The zero-order chi connectivity index (χ0) is 46.9. The fourth-order valence-corrected chi connectivity index (χ4v) is 9.82. The number of likely N-dealkylation sites (tertiary alicyclic amines) is 1. The number of hydrogen-bond acceptors (Lipinski definition) is 6. The number of nitrogens with zero attached hydrogens (tertiary/aromatic N) is 5. The number of benzene rings is 3. The first kappa shape index (κ1) is 52.1. The van der Waals surface area contributed by atoms with Gasteiger partial charge in [-0.25, -0.2) is 8.78 Å². The molecule has 0 N–H and O–H groups in total. The number of halogens is 2. The Labute approximate surface area is 386 Å². The van der Waals surface area contributed by atoms with Crippen LogP contribution in [0.5, 0.6) is 0 Å². The van der Waals surface area contributed by atoms with Gasteiger partial charge in [0.15, 0.2) is 5.82 Å². The summed E-state index contributed by atoms with van der Waals surface area (Å²) in [4.78, 5) is 25.8. The van der Waals surface area contributed by atoms with Crippen molar-refractivity contribution in [2.24, 2.45) is 4.99 Å². The van der Waals surface area contributed by atoms with Gasteiger partial charge in [0.25, 0.3) is 0 Å². The van der Waals surface area contributed by atoms with E-state index in [1.807, 2.05) is 25.1 Å². The highest BCUT2D eigenvalue weighted by Crippen LogP contribution is 2.42. The van der Waals surface area contributed by atoms with Crippen LogP contribution in [-0.2, 0) is 17.8 Å². The Balaban J connectivity index is 0.00000442. The standard InChI is InChI=1S/C54H75F2N5O.C2H4/c1-11-43-34-39(5)35-47(48(43)37-59(10)50(38(3)4)24-23-41(7)62)44-25-28-60(29-26-44)27-18-16-14-13-15-17-20-45-21-19-22-49(55)52(45)51-40(6)36-46(54(53(51)56)57-12-2)42(8)61-32-30-58(9)31-33-61;1-2/h11-12,19,21-22,34-36,44,50H,1,3,8,13-18,20,23-33,37H2,2,4-7,9-10H3;1-2H2. The van der Waals surface area contributed by atoms with E-state index in [1.54, 1.807) is 26.1 Å². The van der Waals surface area contributed by atoms with Crippen molar-refractivity contribution in [1.29, 1.82) is 0 Å². The van der Waals surface area contributed by atoms with E-state index >= 15 is 8.78 Å². The van der Waals surface area contributed by atoms with Crippen LogP contribution in [0.2, 0.25) is 0 Å². The Hall–Kier alpha value is -4.50. The van der Waals surface area contributed by atoms with E-state index in [0.717, 1.165) is 108 Å². The van der Waals surface area contributed by atoms with Crippen molar-refractivity contribution in [3.8, 4) is 11.1 Å². The normalized spacial score (nSPS) is 15.6. The predicted octanol–water partition coefficient (Wildman–Crippen LogP) is 13.1. The fourth-order valence-electron chi connectivity index (χ4n) is 9.82. The topological polar surface area (TPSA) is 42.4 Å². The molecule has 0 saturated carbocycles. The van der Waals surface area contributed by atoms with Gasteiger partial charge in [-0.05, 0) is 153 Å². The minimum absolute atomic E-state index is 0.159. The van der Waals surface area contributed by atoms with Gasteiger partial charge < -0.3 is 19.5 Å². The molecule has 1 atom stereocenters. The van der Waals surface area contributed by atoms with Gasteiger partial charge in [0, 0.05) is 73.8 Å². The monoisotopic (exact) mass is 876 g/mol. The molecule has 3 aromatic rings. The molecule has 0 bridgehead atoms. The third kappa shape index (κ3) is 14.0. The van der Waals surface area contributed by atoms with Gasteiger partial charge in [-0.2, -0.15) is 0 Å². The molecule has 2 fully saturated rings. The maximum atomic E-state index is 16.6. The molecule has 0 radical (unpaired) electrons. The Kier molecular flexibility index (Phi) is 21.1. The largest absolute Gasteiger partial charge is 0.369 e. The molecule has 0 amide bonds. The quantitative estimate of drug-likeness (QED) is 0.0571. The summed E-state index contributed by atoms with van der Waals surface area (Å²) in [6.45, 7) is 36.0. The molecule has 5 rings (SSSR count). The van der Waals surface area contributed by atoms with Crippen LogP contribution < -0.4 is 0 Å². The molecule has 348 valence electrons. The molecular formula is C56H79F2N5O. The first-order valence-corrected chi connectivity index (χ1v) is 23.8. The molecule has 0 spiro atoms. The average Bonchev–Trinajstić information content (AvgIpc) is 3.27. The number of piperidine rings is 1. The van der Waals surface area contributed by atoms with E-state index < -0.39 is 11.6 Å². The third-order valence-electron chi connectivity index (χ3n) is 13.4. The Morgan fingerprint density at radius 1 is 0.922 bits per heavy atom. The van der Waals surface area contributed by atoms with E-state index in [9.17, 15) is 4.79 Å². The molecular weight excluding hydrogens is 797 g/mol. The molecule has 0 aliphatic carbocycles. The van der Waals surface area contributed by atoms with Crippen molar-refractivity contribution in [1.82, 2.24) is 19.6 Å². The lowest BCUT2D eigenvalue weighted by atomic mass is 9.83. The van der Waals surface area contributed by atoms with E-state index in [1.165, 1.54) is 47.6 Å². The van der Waals surface area contributed by atoms with Crippen LogP contribution in [0, 0.1) is 25.5 Å². The number of likely N-dealkylation sites (N-methyl/N-ethyl adjacent to an activating group) is 2. The lowest BCUT2D eigenvalue weighted by molar-refractivity contribution is -0.117. The molecule has 2 aliphatic rings. The van der Waals surface area contributed by atoms with E-state index in [0.29, 0.717) is 41.0 Å². The summed E-state index contributed by atoms with van der Waals surface area (Å²) in [6, 6.07) is 11.9. The molecule has 0 aromatic heterocycles. The Bertz CT molecular complexity index is 2070. The van der Waals surface area contributed by atoms with Crippen LogP contribution in [0.1, 0.15) is 130 Å². The maximum absolute atomic E-state index is 16.6. The van der Waals surface area contributed by atoms with E-state index in [4.69, 9.17) is 0 Å². The summed E-state index contributed by atoms with van der Waals surface area (Å²) in [5.41, 5.74) is 10.3. The Morgan fingerprint density at radius 2 is 1.58 bits per heavy atom. The minimum Gasteiger partial charge on any atom is -0.369 e. The highest BCUT2D eigenvalue weighted by Gasteiger charge is 2.28. The van der Waals surface area contributed by atoms with Crippen LogP contribution >= 0.6 is 0 Å². The lowest BCUT2D eigenvalue weighted by Gasteiger charge is -2.35. The summed E-state index contributed by atoms with van der Waals surface area (Å²) in [6.07, 6.45) is 14.7. The van der Waals surface area contributed by atoms with Crippen molar-refractivity contribution in [2.75, 3.05) is 59.9 Å². The third-order valence-corrected chi connectivity index (χ3v) is 13.4. The van der Waals surface area contributed by atoms with Gasteiger partial charge >= 0.3 is 0 Å². The predicted molar refractivity (Wildman–Crippen MR) is 271 cm³/mol. The smallest absolute Gasteiger partial charge is 0.157 e. The van der Waals surface area contributed by atoms with E-state index in [2.05, 4.69) is 97.6 Å². The lowest BCUT2D eigenvalue weighted by Crippen LogP contribution is -2.43. The van der Waals surface area contributed by atoms with Crippen molar-refractivity contribution in [2.45, 2.75) is 124 Å². The number of ketones is 1. The first-order chi connectivity index (χ1) is 30.7. The zero-order valence-electron chi connectivity index (χ0n) is 40.6. The number of Topliss-reactive ketones (excluding diaryl/α,β-unsaturated/α-hetero) is 1. The van der Waals surface area contributed by atoms with Crippen LogP contribution in [0.3, 0.4) is 0 Å². The number of carbonyl (C=O) groups excluding carboxylic acids is 1. The van der Waals surface area contributed by atoms with E-state index in [-0.39, 0.29) is 17.5 Å². The van der Waals surface area contributed by atoms with Crippen molar-refractivity contribution >= 4 is 29.5 Å². The summed E-state index contributed by atoms with van der Waals surface area (Å²) in [7, 11) is 4.27. The molecule has 2 aliphatic heterocycles. The second-order valence-corrected chi connectivity index (χ2v) is 18.3. The molecule has 3 aromatic carbocycles. The highest BCUT2D eigenvalue weighted by molar-refractivity contribution is 5.84. The first-order valence-electron chi connectivity index (χ1n) is 23.8. The molecule has 2 heterocycles. The average molecular weight is 876 g/mol. The van der Waals surface area contributed by atoms with Gasteiger partial charge in [0.05, 0.1) is 0 Å². The van der Waals surface area contributed by atoms with Gasteiger partial charge in [-0.3, -0.25) is 9.89 Å². The maximum Gasteiger partial charge on any atom is 0.157 e. The summed E-state index contributed by atoms with van der Waals surface area (Å²) in [5.74, 6) is -0.135. The molecule has 1 unspecified atom stereocenters. The molecule has 8 heteroatoms. The van der Waals surface area contributed by atoms with Crippen LogP contribution in [0.15, 0.2) is 79.9 Å². The van der Waals surface area contributed by atoms with Crippen LogP contribution in [-0.4, -0.2) is 97.5 Å². The molecule has 6 nitrogen and oxygen atoms in total. The minimum atomic E-state index is -0.482. The second-order valence-electron chi connectivity index (χ2n) is 18.3. The summed E-state index contributed by atoms with van der Waals surface area (Å²) >= 11 is 0. The van der Waals surface area contributed by atoms with Crippen molar-refractivity contribution < 1.29 is 13.6 Å². The van der Waals surface area contributed by atoms with Gasteiger partial charge in [-0.15, -0.1) is 13.2 Å². The van der Waals surface area contributed by atoms with Gasteiger partial charge in [0.2, 0.25) is 0 Å². The molecule has 2 saturated heterocycles. The number of aliphatic imine (C=N–C) groups is 1. The molecule has 64 heavy (non-hydrogen) atoms. The number of rotatable bonds is 22. The Morgan fingerprint density at radius 3 is 2.20 bits per heavy atom. The second kappa shape index (κ2) is 25.8. The number of aryl methyl sites for hydroxylation is 3.